The molecule has 5 heteroatoms. The van der Waals surface area contributed by atoms with Crippen molar-refractivity contribution in [2.24, 2.45) is 0 Å². The first-order valence-corrected chi connectivity index (χ1v) is 5.25. The smallest absolute Gasteiger partial charge is 0.340 e. The highest BCUT2D eigenvalue weighted by Crippen LogP contribution is 2.28. The van der Waals surface area contributed by atoms with Gasteiger partial charge in [0.1, 0.15) is 17.1 Å². The van der Waals surface area contributed by atoms with Crippen molar-refractivity contribution >= 4 is 11.8 Å². The second-order valence-corrected chi connectivity index (χ2v) is 3.66. The zero-order valence-corrected chi connectivity index (χ0v) is 9.75. The van der Waals surface area contributed by atoms with Gasteiger partial charge in [-0.15, -0.1) is 0 Å². The molecule has 18 heavy (non-hydrogen) atoms. The van der Waals surface area contributed by atoms with Crippen LogP contribution < -0.4 is 10.5 Å². The molecule has 0 unspecified atom stereocenters. The molecule has 0 aliphatic rings. The fraction of sp³-hybridized carbons (Fsp3) is 0.0769. The first kappa shape index (κ1) is 11.9. The van der Waals surface area contributed by atoms with Crippen molar-refractivity contribution < 1.29 is 14.6 Å². The Morgan fingerprint density at radius 3 is 2.83 bits per heavy atom. The lowest BCUT2D eigenvalue weighted by molar-refractivity contribution is 0.0698. The molecule has 0 aliphatic carbocycles. The minimum absolute atomic E-state index is 0.00261. The summed E-state index contributed by atoms with van der Waals surface area (Å²) in [5, 5.41) is 9.18. The molecule has 0 atom stereocenters. The SMILES string of the molecule is COc1cccc(-c2ccnc(N)c2C(=O)O)c1. The summed E-state index contributed by atoms with van der Waals surface area (Å²) in [6.07, 6.45) is 1.48. The number of anilines is 1. The second kappa shape index (κ2) is 4.75. The fourth-order valence-corrected chi connectivity index (χ4v) is 1.73. The van der Waals surface area contributed by atoms with E-state index in [1.807, 2.05) is 0 Å². The number of benzene rings is 1. The Balaban J connectivity index is 2.63. The predicted molar refractivity (Wildman–Crippen MR) is 67.6 cm³/mol. The Bertz CT molecular complexity index is 597. The van der Waals surface area contributed by atoms with Crippen LogP contribution in [0.25, 0.3) is 11.1 Å². The molecule has 0 saturated carbocycles. The van der Waals surface area contributed by atoms with E-state index in [1.165, 1.54) is 6.20 Å². The van der Waals surface area contributed by atoms with Gasteiger partial charge in [0.2, 0.25) is 0 Å². The van der Waals surface area contributed by atoms with Gasteiger partial charge >= 0.3 is 5.97 Å². The number of pyridine rings is 1. The standard InChI is InChI=1S/C13H12N2O3/c1-18-9-4-2-3-8(7-9)10-5-6-15-12(14)11(10)13(16)17/h2-7H,1H3,(H2,14,15)(H,16,17). The Labute approximate surface area is 104 Å². The van der Waals surface area contributed by atoms with E-state index in [-0.39, 0.29) is 11.4 Å². The van der Waals surface area contributed by atoms with Crippen LogP contribution in [0.15, 0.2) is 36.5 Å². The highest BCUT2D eigenvalue weighted by Gasteiger charge is 2.16. The van der Waals surface area contributed by atoms with Gasteiger partial charge in [-0.25, -0.2) is 9.78 Å². The first-order chi connectivity index (χ1) is 8.63. The summed E-state index contributed by atoms with van der Waals surface area (Å²) < 4.78 is 5.11. The van der Waals surface area contributed by atoms with E-state index in [0.29, 0.717) is 11.3 Å². The van der Waals surface area contributed by atoms with Crippen LogP contribution in [0.4, 0.5) is 5.82 Å². The van der Waals surface area contributed by atoms with Crippen molar-refractivity contribution in [1.82, 2.24) is 4.98 Å². The van der Waals surface area contributed by atoms with Crippen molar-refractivity contribution in [2.75, 3.05) is 12.8 Å². The van der Waals surface area contributed by atoms with Gasteiger partial charge in [0, 0.05) is 11.8 Å². The Morgan fingerprint density at radius 1 is 1.39 bits per heavy atom. The average molecular weight is 244 g/mol. The van der Waals surface area contributed by atoms with Gasteiger partial charge in [-0.3, -0.25) is 0 Å². The normalized spacial score (nSPS) is 10.1. The van der Waals surface area contributed by atoms with Crippen molar-refractivity contribution in [1.29, 1.82) is 0 Å². The lowest BCUT2D eigenvalue weighted by Gasteiger charge is -2.09. The average Bonchev–Trinajstić information content (AvgIpc) is 2.38. The number of hydrogen-bond acceptors (Lipinski definition) is 4. The Hall–Kier alpha value is -2.56. The molecule has 1 aromatic heterocycles. The van der Waals surface area contributed by atoms with Crippen molar-refractivity contribution in [3.63, 3.8) is 0 Å². The largest absolute Gasteiger partial charge is 0.497 e. The number of nitrogens with zero attached hydrogens (tertiary/aromatic N) is 1. The van der Waals surface area contributed by atoms with Crippen molar-refractivity contribution in [2.45, 2.75) is 0 Å². The van der Waals surface area contributed by atoms with E-state index in [2.05, 4.69) is 4.98 Å². The third-order valence-electron chi connectivity index (χ3n) is 2.57. The zero-order chi connectivity index (χ0) is 13.1. The van der Waals surface area contributed by atoms with Gasteiger partial charge in [0.15, 0.2) is 0 Å². The topological polar surface area (TPSA) is 85.4 Å². The number of ether oxygens (including phenoxy) is 1. The van der Waals surface area contributed by atoms with Gasteiger partial charge in [0.05, 0.1) is 7.11 Å². The Morgan fingerprint density at radius 2 is 2.17 bits per heavy atom. The van der Waals surface area contributed by atoms with Gasteiger partial charge in [-0.05, 0) is 23.8 Å². The molecule has 0 radical (unpaired) electrons. The number of rotatable bonds is 3. The van der Waals surface area contributed by atoms with E-state index in [4.69, 9.17) is 10.5 Å². The molecule has 0 aliphatic heterocycles. The number of carboxylic acid groups (broad SMARTS) is 1. The van der Waals surface area contributed by atoms with E-state index in [1.54, 1.807) is 37.4 Å². The summed E-state index contributed by atoms with van der Waals surface area (Å²) in [6.45, 7) is 0. The van der Waals surface area contributed by atoms with Crippen molar-refractivity contribution in [3.05, 3.63) is 42.1 Å². The second-order valence-electron chi connectivity index (χ2n) is 3.66. The van der Waals surface area contributed by atoms with Gasteiger partial charge in [-0.1, -0.05) is 12.1 Å². The summed E-state index contributed by atoms with van der Waals surface area (Å²) in [5.41, 5.74) is 6.86. The fourth-order valence-electron chi connectivity index (χ4n) is 1.73. The van der Waals surface area contributed by atoms with Gasteiger partial charge < -0.3 is 15.6 Å². The third-order valence-corrected chi connectivity index (χ3v) is 2.57. The van der Waals surface area contributed by atoms with Crippen molar-refractivity contribution in [3.8, 4) is 16.9 Å². The number of carboxylic acids is 1. The molecule has 0 saturated heterocycles. The van der Waals surface area contributed by atoms with E-state index < -0.39 is 5.97 Å². The van der Waals surface area contributed by atoms with Gasteiger partial charge in [-0.2, -0.15) is 0 Å². The van der Waals surface area contributed by atoms with Crippen LogP contribution in [-0.4, -0.2) is 23.2 Å². The molecule has 0 spiro atoms. The number of aromatic nitrogens is 1. The maximum Gasteiger partial charge on any atom is 0.340 e. The molecule has 5 nitrogen and oxygen atoms in total. The highest BCUT2D eigenvalue weighted by atomic mass is 16.5. The maximum absolute atomic E-state index is 11.2. The highest BCUT2D eigenvalue weighted by molar-refractivity contribution is 6.00. The third kappa shape index (κ3) is 2.10. The molecule has 3 N–H and O–H groups in total. The molecule has 2 aromatic rings. The molecular weight excluding hydrogens is 232 g/mol. The molecule has 0 bridgehead atoms. The van der Waals surface area contributed by atoms with Crippen LogP contribution in [0.5, 0.6) is 5.75 Å². The molecule has 2 rings (SSSR count). The minimum atomic E-state index is -1.10. The number of aromatic carboxylic acids is 1. The lowest BCUT2D eigenvalue weighted by Crippen LogP contribution is -2.06. The summed E-state index contributed by atoms with van der Waals surface area (Å²) in [7, 11) is 1.55. The summed E-state index contributed by atoms with van der Waals surface area (Å²) >= 11 is 0. The summed E-state index contributed by atoms with van der Waals surface area (Å²) in [4.78, 5) is 15.0. The van der Waals surface area contributed by atoms with Crippen LogP contribution in [0.1, 0.15) is 10.4 Å². The quantitative estimate of drug-likeness (QED) is 0.862. The molecule has 1 heterocycles. The van der Waals surface area contributed by atoms with Crippen LogP contribution in [0, 0.1) is 0 Å². The lowest BCUT2D eigenvalue weighted by atomic mass is 10.0. The van der Waals surface area contributed by atoms with Gasteiger partial charge in [0.25, 0.3) is 0 Å². The maximum atomic E-state index is 11.2. The van der Waals surface area contributed by atoms with Crippen LogP contribution in [-0.2, 0) is 0 Å². The Kier molecular flexibility index (Phi) is 3.14. The number of methoxy groups -OCH3 is 1. The number of nitrogens with two attached hydrogens (primary N) is 1. The number of carbonyl (C=O) groups is 1. The van der Waals surface area contributed by atoms with Crippen LogP contribution in [0.2, 0.25) is 0 Å². The van der Waals surface area contributed by atoms with E-state index >= 15 is 0 Å². The molecule has 92 valence electrons. The minimum Gasteiger partial charge on any atom is -0.497 e. The molecule has 1 aromatic carbocycles. The van der Waals surface area contributed by atoms with E-state index in [9.17, 15) is 9.90 Å². The first-order valence-electron chi connectivity index (χ1n) is 5.25. The molecule has 0 fully saturated rings. The molecule has 0 amide bonds. The summed E-state index contributed by atoms with van der Waals surface area (Å²) in [5.74, 6) is -0.444. The number of hydrogen-bond donors (Lipinski definition) is 2. The van der Waals surface area contributed by atoms with E-state index in [0.717, 1.165) is 5.56 Å². The zero-order valence-electron chi connectivity index (χ0n) is 9.75. The van der Waals surface area contributed by atoms with Crippen LogP contribution >= 0.6 is 0 Å². The predicted octanol–water partition coefficient (Wildman–Crippen LogP) is 2.04. The number of nitrogen functional groups attached to an aromatic ring is 1. The monoisotopic (exact) mass is 244 g/mol. The van der Waals surface area contributed by atoms with Crippen LogP contribution in [0.3, 0.4) is 0 Å². The molecular formula is C13H12N2O3. The summed E-state index contributed by atoms with van der Waals surface area (Å²) in [6, 6.07) is 8.74.